The molecule has 0 bridgehead atoms. The maximum absolute atomic E-state index is 13.0. The third-order valence-corrected chi connectivity index (χ3v) is 7.28. The van der Waals surface area contributed by atoms with Gasteiger partial charge in [-0.15, -0.1) is 0 Å². The second-order valence-corrected chi connectivity index (χ2v) is 8.83. The number of sulfonamides is 1. The second kappa shape index (κ2) is 8.38. The highest BCUT2D eigenvalue weighted by Gasteiger charge is 2.33. The lowest BCUT2D eigenvalue weighted by molar-refractivity contribution is -0.127. The summed E-state index contributed by atoms with van der Waals surface area (Å²) in [5, 5.41) is 4.21. The number of hydrogen-bond acceptors (Lipinski definition) is 5. The van der Waals surface area contributed by atoms with E-state index in [1.807, 2.05) is 24.3 Å². The normalized spacial score (nSPS) is 15.8. The predicted molar refractivity (Wildman–Crippen MR) is 110 cm³/mol. The number of methoxy groups -OCH3 is 1. The van der Waals surface area contributed by atoms with Crippen LogP contribution in [0, 0.1) is 13.8 Å². The number of piperazine rings is 1. The van der Waals surface area contributed by atoms with Gasteiger partial charge in [-0.05, 0) is 37.6 Å². The molecule has 1 aromatic carbocycles. The molecule has 0 saturated carbocycles. The van der Waals surface area contributed by atoms with Crippen LogP contribution in [0.2, 0.25) is 0 Å². The number of ether oxygens (including phenoxy) is 1. The van der Waals surface area contributed by atoms with Crippen molar-refractivity contribution in [3.8, 4) is 5.75 Å². The van der Waals surface area contributed by atoms with Gasteiger partial charge in [0.05, 0.1) is 18.5 Å². The number of carbonyl (C=O) groups is 1. The van der Waals surface area contributed by atoms with Crippen LogP contribution in [0.5, 0.6) is 5.75 Å². The average molecular weight is 419 g/mol. The molecule has 1 aromatic heterocycles. The van der Waals surface area contributed by atoms with Gasteiger partial charge in [-0.3, -0.25) is 9.48 Å². The van der Waals surface area contributed by atoms with Crippen LogP contribution in [0.3, 0.4) is 0 Å². The Hall–Kier alpha value is -2.65. The van der Waals surface area contributed by atoms with Crippen molar-refractivity contribution in [2.75, 3.05) is 33.3 Å². The third kappa shape index (κ3) is 4.35. The molecule has 0 N–H and O–H groups in total. The minimum absolute atomic E-state index is 0.133. The first-order chi connectivity index (χ1) is 13.7. The SMILES string of the molecule is COc1ccc(C=CC(=O)N2CCN(S(=O)(=O)c3c(C)nn(C)c3C)CC2)cc1. The molecule has 1 saturated heterocycles. The van der Waals surface area contributed by atoms with Crippen LogP contribution in [-0.2, 0) is 21.9 Å². The van der Waals surface area contributed by atoms with Crippen LogP contribution < -0.4 is 4.74 Å². The van der Waals surface area contributed by atoms with Crippen LogP contribution >= 0.6 is 0 Å². The van der Waals surface area contributed by atoms with Crippen molar-refractivity contribution >= 4 is 22.0 Å². The summed E-state index contributed by atoms with van der Waals surface area (Å²) in [7, 11) is -0.300. The average Bonchev–Trinajstić information content (AvgIpc) is 2.98. The molecule has 1 amide bonds. The monoisotopic (exact) mass is 418 g/mol. The summed E-state index contributed by atoms with van der Waals surface area (Å²) in [6.07, 6.45) is 3.26. The maximum Gasteiger partial charge on any atom is 0.246 e. The van der Waals surface area contributed by atoms with Gasteiger partial charge < -0.3 is 9.64 Å². The summed E-state index contributed by atoms with van der Waals surface area (Å²) in [6.45, 7) is 4.67. The van der Waals surface area contributed by atoms with E-state index < -0.39 is 10.0 Å². The van der Waals surface area contributed by atoms with E-state index in [4.69, 9.17) is 4.74 Å². The van der Waals surface area contributed by atoms with Crippen molar-refractivity contribution in [3.63, 3.8) is 0 Å². The number of hydrogen-bond donors (Lipinski definition) is 0. The van der Waals surface area contributed by atoms with Gasteiger partial charge in [0.25, 0.3) is 0 Å². The molecule has 0 aliphatic carbocycles. The molecule has 3 rings (SSSR count). The lowest BCUT2D eigenvalue weighted by Gasteiger charge is -2.33. The summed E-state index contributed by atoms with van der Waals surface area (Å²) < 4.78 is 34.2. The molecule has 1 aliphatic rings. The molecular formula is C20H26N4O4S. The molecule has 8 nitrogen and oxygen atoms in total. The summed E-state index contributed by atoms with van der Waals surface area (Å²) in [5.41, 5.74) is 2.00. The first-order valence-electron chi connectivity index (χ1n) is 9.35. The summed E-state index contributed by atoms with van der Waals surface area (Å²) in [6, 6.07) is 7.39. The molecule has 2 aromatic rings. The Labute approximate surface area is 171 Å². The van der Waals surface area contributed by atoms with Crippen molar-refractivity contribution < 1.29 is 17.9 Å². The summed E-state index contributed by atoms with van der Waals surface area (Å²) in [5.74, 6) is 0.622. The Balaban J connectivity index is 1.63. The number of nitrogens with zero attached hydrogens (tertiary/aromatic N) is 4. The molecule has 156 valence electrons. The zero-order chi connectivity index (χ0) is 21.2. The highest BCUT2D eigenvalue weighted by molar-refractivity contribution is 7.89. The fourth-order valence-electron chi connectivity index (χ4n) is 3.39. The quantitative estimate of drug-likeness (QED) is 0.689. The van der Waals surface area contributed by atoms with Crippen LogP contribution in [0.15, 0.2) is 35.2 Å². The number of aromatic nitrogens is 2. The zero-order valence-electron chi connectivity index (χ0n) is 17.1. The minimum atomic E-state index is -3.63. The number of amides is 1. The lowest BCUT2D eigenvalue weighted by atomic mass is 10.2. The van der Waals surface area contributed by atoms with Crippen molar-refractivity contribution in [2.24, 2.45) is 7.05 Å². The first kappa shape index (κ1) is 21.1. The fourth-order valence-corrected chi connectivity index (χ4v) is 5.22. The number of carbonyl (C=O) groups excluding carboxylic acids is 1. The van der Waals surface area contributed by atoms with Crippen LogP contribution in [0.4, 0.5) is 0 Å². The zero-order valence-corrected chi connectivity index (χ0v) is 17.9. The highest BCUT2D eigenvalue weighted by atomic mass is 32.2. The minimum Gasteiger partial charge on any atom is -0.497 e. The Morgan fingerprint density at radius 2 is 1.72 bits per heavy atom. The van der Waals surface area contributed by atoms with E-state index in [0.717, 1.165) is 11.3 Å². The van der Waals surface area contributed by atoms with Crippen molar-refractivity contribution in [1.29, 1.82) is 0 Å². The highest BCUT2D eigenvalue weighted by Crippen LogP contribution is 2.24. The first-order valence-corrected chi connectivity index (χ1v) is 10.8. The molecule has 0 atom stereocenters. The Kier molecular flexibility index (Phi) is 6.09. The van der Waals surface area contributed by atoms with Crippen molar-refractivity contribution in [2.45, 2.75) is 18.7 Å². The van der Waals surface area contributed by atoms with E-state index in [0.29, 0.717) is 24.5 Å². The van der Waals surface area contributed by atoms with Gasteiger partial charge in [-0.2, -0.15) is 9.40 Å². The van der Waals surface area contributed by atoms with E-state index >= 15 is 0 Å². The third-order valence-electron chi connectivity index (χ3n) is 5.12. The van der Waals surface area contributed by atoms with Gasteiger partial charge in [0.15, 0.2) is 0 Å². The maximum atomic E-state index is 13.0. The molecular weight excluding hydrogens is 392 g/mol. The van der Waals surface area contributed by atoms with Crippen LogP contribution in [0.1, 0.15) is 17.0 Å². The standard InChI is InChI=1S/C20H26N4O4S/c1-15-20(16(2)22(3)21-15)29(26,27)24-13-11-23(12-14-24)19(25)10-7-17-5-8-18(28-4)9-6-17/h5-10H,11-14H2,1-4H3. The molecule has 0 radical (unpaired) electrons. The number of rotatable bonds is 5. The number of benzene rings is 1. The predicted octanol–water partition coefficient (Wildman–Crippen LogP) is 1.59. The summed E-state index contributed by atoms with van der Waals surface area (Å²) in [4.78, 5) is 14.4. The summed E-state index contributed by atoms with van der Waals surface area (Å²) >= 11 is 0. The smallest absolute Gasteiger partial charge is 0.246 e. The second-order valence-electron chi connectivity index (χ2n) is 6.96. The number of aryl methyl sites for hydroxylation is 2. The van der Waals surface area contributed by atoms with Gasteiger partial charge in [0.2, 0.25) is 15.9 Å². The van der Waals surface area contributed by atoms with Crippen molar-refractivity contribution in [3.05, 3.63) is 47.3 Å². The Morgan fingerprint density at radius 3 is 2.24 bits per heavy atom. The molecule has 29 heavy (non-hydrogen) atoms. The molecule has 1 aliphatic heterocycles. The Bertz CT molecular complexity index is 1020. The molecule has 0 spiro atoms. The van der Waals surface area contributed by atoms with E-state index in [1.54, 1.807) is 43.7 Å². The van der Waals surface area contributed by atoms with Gasteiger partial charge in [-0.1, -0.05) is 12.1 Å². The van der Waals surface area contributed by atoms with Gasteiger partial charge in [0, 0.05) is 39.3 Å². The fraction of sp³-hybridized carbons (Fsp3) is 0.400. The largest absolute Gasteiger partial charge is 0.497 e. The van der Waals surface area contributed by atoms with Crippen LogP contribution in [-0.4, -0.2) is 66.6 Å². The van der Waals surface area contributed by atoms with E-state index in [-0.39, 0.29) is 23.9 Å². The van der Waals surface area contributed by atoms with E-state index in [1.165, 1.54) is 10.4 Å². The molecule has 1 fully saturated rings. The lowest BCUT2D eigenvalue weighted by Crippen LogP contribution is -2.50. The molecule has 2 heterocycles. The van der Waals surface area contributed by atoms with Crippen molar-refractivity contribution in [1.82, 2.24) is 19.0 Å². The van der Waals surface area contributed by atoms with Crippen LogP contribution in [0.25, 0.3) is 6.08 Å². The van der Waals surface area contributed by atoms with Gasteiger partial charge >= 0.3 is 0 Å². The van der Waals surface area contributed by atoms with Gasteiger partial charge in [0.1, 0.15) is 10.6 Å². The molecule has 0 unspecified atom stereocenters. The van der Waals surface area contributed by atoms with E-state index in [9.17, 15) is 13.2 Å². The topological polar surface area (TPSA) is 84.7 Å². The molecule has 9 heteroatoms. The Morgan fingerprint density at radius 1 is 1.10 bits per heavy atom. The van der Waals surface area contributed by atoms with E-state index in [2.05, 4.69) is 5.10 Å². The van der Waals surface area contributed by atoms with Gasteiger partial charge in [-0.25, -0.2) is 8.42 Å².